The predicted octanol–water partition coefficient (Wildman–Crippen LogP) is 2.88. The van der Waals surface area contributed by atoms with Crippen LogP contribution in [0.25, 0.3) is 10.9 Å². The molecular formula is C18H20N4OS. The van der Waals surface area contributed by atoms with E-state index in [1.807, 2.05) is 0 Å². The van der Waals surface area contributed by atoms with E-state index < -0.39 is 0 Å². The smallest absolute Gasteiger partial charge is 0.263 e. The number of carbonyl (C=O) groups is 1. The molecule has 5 nitrogen and oxygen atoms in total. The summed E-state index contributed by atoms with van der Waals surface area (Å²) in [5, 5.41) is 4.29. The minimum Gasteiger partial charge on any atom is -0.357 e. The molecule has 1 atom stereocenters. The molecule has 124 valence electrons. The third-order valence-electron chi connectivity index (χ3n) is 4.56. The van der Waals surface area contributed by atoms with Crippen molar-refractivity contribution in [3.63, 3.8) is 0 Å². The Bertz CT molecular complexity index is 794. The second-order valence-electron chi connectivity index (χ2n) is 6.35. The number of amides is 1. The molecule has 0 aliphatic carbocycles. The van der Waals surface area contributed by atoms with Crippen molar-refractivity contribution in [3.05, 3.63) is 52.6 Å². The van der Waals surface area contributed by atoms with Crippen molar-refractivity contribution in [1.82, 2.24) is 20.2 Å². The molecule has 1 fully saturated rings. The van der Waals surface area contributed by atoms with Crippen molar-refractivity contribution in [3.8, 4) is 0 Å². The zero-order valence-corrected chi connectivity index (χ0v) is 14.2. The number of nitrogens with one attached hydrogen (secondary N) is 2. The summed E-state index contributed by atoms with van der Waals surface area (Å²) in [7, 11) is 0. The van der Waals surface area contributed by atoms with Crippen LogP contribution in [-0.2, 0) is 6.54 Å². The van der Waals surface area contributed by atoms with E-state index in [9.17, 15) is 4.79 Å². The molecule has 3 heterocycles. The van der Waals surface area contributed by atoms with E-state index in [-0.39, 0.29) is 5.91 Å². The molecule has 0 spiro atoms. The number of likely N-dealkylation sites (tertiary alicyclic amines) is 1. The van der Waals surface area contributed by atoms with E-state index >= 15 is 0 Å². The lowest BCUT2D eigenvalue weighted by Gasteiger charge is -2.15. The monoisotopic (exact) mass is 340 g/mol. The lowest BCUT2D eigenvalue weighted by atomic mass is 10.1. The molecule has 0 unspecified atom stereocenters. The lowest BCUT2D eigenvalue weighted by Crippen LogP contribution is -2.30. The van der Waals surface area contributed by atoms with Crippen molar-refractivity contribution in [2.45, 2.75) is 13.0 Å². The minimum atomic E-state index is -0.00781. The Labute approximate surface area is 144 Å². The highest BCUT2D eigenvalue weighted by Crippen LogP contribution is 2.21. The number of benzene rings is 1. The standard InChI is InChI=1S/C18H20N4OS/c23-18(17-9-19-12-24-17)20-8-13-5-6-22(10-13)11-15-7-14-3-1-2-4-16(14)21-15/h1-4,7,9,12-13,21H,5-6,8,10-11H2,(H,20,23)/t13-/m1/s1. The van der Waals surface area contributed by atoms with Gasteiger partial charge in [-0.05, 0) is 36.4 Å². The van der Waals surface area contributed by atoms with Crippen LogP contribution in [-0.4, -0.2) is 40.4 Å². The normalized spacial score (nSPS) is 18.2. The molecule has 1 aromatic carbocycles. The molecule has 1 aliphatic heterocycles. The first-order valence-electron chi connectivity index (χ1n) is 8.23. The molecule has 0 saturated carbocycles. The van der Waals surface area contributed by atoms with Gasteiger partial charge in [-0.1, -0.05) is 18.2 Å². The number of thiazole rings is 1. The molecule has 2 N–H and O–H groups in total. The van der Waals surface area contributed by atoms with Crippen LogP contribution >= 0.6 is 11.3 Å². The Morgan fingerprint density at radius 3 is 3.17 bits per heavy atom. The number of nitrogens with zero attached hydrogens (tertiary/aromatic N) is 2. The van der Waals surface area contributed by atoms with Gasteiger partial charge in [-0.3, -0.25) is 14.7 Å². The van der Waals surface area contributed by atoms with Gasteiger partial charge in [0.05, 0.1) is 11.7 Å². The summed E-state index contributed by atoms with van der Waals surface area (Å²) in [6.45, 7) is 3.78. The van der Waals surface area contributed by atoms with Crippen molar-refractivity contribution >= 4 is 28.1 Å². The minimum absolute atomic E-state index is 0.00781. The number of fused-ring (bicyclic) bond motifs is 1. The fraction of sp³-hybridized carbons (Fsp3) is 0.333. The number of H-pyrrole nitrogens is 1. The Hall–Kier alpha value is -2.18. The highest BCUT2D eigenvalue weighted by Gasteiger charge is 2.23. The average Bonchev–Trinajstić information content (AvgIpc) is 3.33. The van der Waals surface area contributed by atoms with Gasteiger partial charge in [0.25, 0.3) is 5.91 Å². The third-order valence-corrected chi connectivity index (χ3v) is 5.33. The molecule has 1 saturated heterocycles. The molecule has 1 aliphatic rings. The van der Waals surface area contributed by atoms with Crippen molar-refractivity contribution in [2.24, 2.45) is 5.92 Å². The van der Waals surface area contributed by atoms with E-state index in [1.54, 1.807) is 11.7 Å². The van der Waals surface area contributed by atoms with E-state index in [2.05, 4.69) is 50.5 Å². The first kappa shape index (κ1) is 15.4. The summed E-state index contributed by atoms with van der Waals surface area (Å²) >= 11 is 1.38. The van der Waals surface area contributed by atoms with E-state index in [1.165, 1.54) is 27.9 Å². The quantitative estimate of drug-likeness (QED) is 0.751. The molecule has 3 aromatic rings. The summed E-state index contributed by atoms with van der Waals surface area (Å²) in [6, 6.07) is 10.6. The first-order valence-corrected chi connectivity index (χ1v) is 9.11. The van der Waals surface area contributed by atoms with Crippen molar-refractivity contribution in [1.29, 1.82) is 0 Å². The third kappa shape index (κ3) is 3.34. The molecule has 24 heavy (non-hydrogen) atoms. The van der Waals surface area contributed by atoms with Crippen LogP contribution in [0.1, 0.15) is 21.8 Å². The number of aromatic amines is 1. The summed E-state index contributed by atoms with van der Waals surface area (Å²) in [6.07, 6.45) is 2.75. The zero-order valence-electron chi connectivity index (χ0n) is 13.4. The molecular weight excluding hydrogens is 320 g/mol. The summed E-state index contributed by atoms with van der Waals surface area (Å²) in [5.41, 5.74) is 4.14. The van der Waals surface area contributed by atoms with Crippen LogP contribution in [0.4, 0.5) is 0 Å². The van der Waals surface area contributed by atoms with Gasteiger partial charge in [0, 0.05) is 30.8 Å². The highest BCUT2D eigenvalue weighted by atomic mass is 32.1. The predicted molar refractivity (Wildman–Crippen MR) is 96.1 cm³/mol. The molecule has 4 rings (SSSR count). The second kappa shape index (κ2) is 6.75. The van der Waals surface area contributed by atoms with Gasteiger partial charge in [-0.25, -0.2) is 0 Å². The largest absolute Gasteiger partial charge is 0.357 e. The van der Waals surface area contributed by atoms with Gasteiger partial charge in [0.1, 0.15) is 4.88 Å². The van der Waals surface area contributed by atoms with Gasteiger partial charge < -0.3 is 10.3 Å². The molecule has 0 radical (unpaired) electrons. The maximum absolute atomic E-state index is 12.0. The maximum Gasteiger partial charge on any atom is 0.263 e. The van der Waals surface area contributed by atoms with Crippen molar-refractivity contribution in [2.75, 3.05) is 19.6 Å². The zero-order chi connectivity index (χ0) is 16.4. The van der Waals surface area contributed by atoms with Crippen LogP contribution in [0.5, 0.6) is 0 Å². The highest BCUT2D eigenvalue weighted by molar-refractivity contribution is 7.11. The second-order valence-corrected chi connectivity index (χ2v) is 7.23. The molecule has 1 amide bonds. The molecule has 2 aromatic heterocycles. The lowest BCUT2D eigenvalue weighted by molar-refractivity contribution is 0.0951. The van der Waals surface area contributed by atoms with Gasteiger partial charge in [-0.15, -0.1) is 11.3 Å². The summed E-state index contributed by atoms with van der Waals surface area (Å²) in [5.74, 6) is 0.512. The Kier molecular flexibility index (Phi) is 4.32. The number of aromatic nitrogens is 2. The van der Waals surface area contributed by atoms with E-state index in [4.69, 9.17) is 0 Å². The van der Waals surface area contributed by atoms with Crippen LogP contribution in [0, 0.1) is 5.92 Å². The fourth-order valence-electron chi connectivity index (χ4n) is 3.33. The number of para-hydroxylation sites is 1. The Morgan fingerprint density at radius 2 is 2.33 bits per heavy atom. The van der Waals surface area contributed by atoms with Crippen LogP contribution < -0.4 is 5.32 Å². The first-order chi connectivity index (χ1) is 11.8. The van der Waals surface area contributed by atoms with E-state index in [0.717, 1.165) is 32.6 Å². The van der Waals surface area contributed by atoms with Crippen LogP contribution in [0.15, 0.2) is 42.0 Å². The van der Waals surface area contributed by atoms with Crippen LogP contribution in [0.3, 0.4) is 0 Å². The van der Waals surface area contributed by atoms with E-state index in [0.29, 0.717) is 10.8 Å². The Morgan fingerprint density at radius 1 is 1.42 bits per heavy atom. The van der Waals surface area contributed by atoms with Gasteiger partial charge in [0.15, 0.2) is 0 Å². The van der Waals surface area contributed by atoms with Crippen LogP contribution in [0.2, 0.25) is 0 Å². The topological polar surface area (TPSA) is 61.0 Å². The number of rotatable bonds is 5. The number of hydrogen-bond acceptors (Lipinski definition) is 4. The summed E-state index contributed by atoms with van der Waals surface area (Å²) < 4.78 is 0. The molecule has 0 bridgehead atoms. The van der Waals surface area contributed by atoms with Crippen molar-refractivity contribution < 1.29 is 4.79 Å². The summed E-state index contributed by atoms with van der Waals surface area (Å²) in [4.78, 5) is 22.5. The number of hydrogen-bond donors (Lipinski definition) is 2. The number of carbonyl (C=O) groups excluding carboxylic acids is 1. The Balaban J connectivity index is 1.29. The molecule has 6 heteroatoms. The maximum atomic E-state index is 12.0. The fourth-order valence-corrected chi connectivity index (χ4v) is 3.87. The average molecular weight is 340 g/mol. The SMILES string of the molecule is O=C(NC[C@H]1CCN(Cc2cc3ccccc3[nH]2)C1)c1cncs1. The van der Waals surface area contributed by atoms with Gasteiger partial charge >= 0.3 is 0 Å². The van der Waals surface area contributed by atoms with Gasteiger partial charge in [0.2, 0.25) is 0 Å². The van der Waals surface area contributed by atoms with Gasteiger partial charge in [-0.2, -0.15) is 0 Å².